The third kappa shape index (κ3) is 4.70. The molecule has 1 atom stereocenters. The monoisotopic (exact) mass is 355 g/mol. The molecule has 2 rings (SSSR count). The number of rotatable bonds is 7. The predicted octanol–water partition coefficient (Wildman–Crippen LogP) is 1.19. The molecule has 1 N–H and O–H groups in total. The zero-order valence-corrected chi connectivity index (χ0v) is 14.3. The fourth-order valence-corrected chi connectivity index (χ4v) is 4.47. The second kappa shape index (κ2) is 7.65. The van der Waals surface area contributed by atoms with Crippen LogP contribution in [0.1, 0.15) is 30.1 Å². The first-order valence-corrected chi connectivity index (χ1v) is 9.60. The van der Waals surface area contributed by atoms with Crippen LogP contribution < -0.4 is 4.74 Å². The third-order valence-corrected chi connectivity index (χ3v) is 5.57. The molecule has 24 heavy (non-hydrogen) atoms. The van der Waals surface area contributed by atoms with Gasteiger partial charge in [-0.05, 0) is 31.0 Å². The van der Waals surface area contributed by atoms with Gasteiger partial charge in [-0.2, -0.15) is 0 Å². The van der Waals surface area contributed by atoms with E-state index in [-0.39, 0.29) is 23.5 Å². The second-order valence-electron chi connectivity index (χ2n) is 5.77. The number of carboxylic acids is 1. The minimum Gasteiger partial charge on any atom is -0.482 e. The van der Waals surface area contributed by atoms with Gasteiger partial charge >= 0.3 is 5.97 Å². The molecule has 0 spiro atoms. The number of benzene rings is 1. The van der Waals surface area contributed by atoms with Crippen molar-refractivity contribution in [2.75, 3.05) is 24.7 Å². The maximum atomic E-state index is 12.8. The van der Waals surface area contributed by atoms with E-state index < -0.39 is 22.4 Å². The molecule has 132 valence electrons. The fourth-order valence-electron chi connectivity index (χ4n) is 2.74. The van der Waals surface area contributed by atoms with E-state index >= 15 is 0 Å². The highest BCUT2D eigenvalue weighted by Crippen LogP contribution is 2.22. The molecular weight excluding hydrogens is 334 g/mol. The summed E-state index contributed by atoms with van der Waals surface area (Å²) >= 11 is 0. The van der Waals surface area contributed by atoms with E-state index in [1.54, 1.807) is 23.1 Å². The van der Waals surface area contributed by atoms with Crippen molar-refractivity contribution in [1.82, 2.24) is 4.90 Å². The van der Waals surface area contributed by atoms with Crippen molar-refractivity contribution >= 4 is 21.7 Å². The summed E-state index contributed by atoms with van der Waals surface area (Å²) in [4.78, 5) is 24.9. The average Bonchev–Trinajstić information content (AvgIpc) is 2.90. The minimum atomic E-state index is -3.08. The number of hydrogen-bond acceptors (Lipinski definition) is 5. The summed E-state index contributed by atoms with van der Waals surface area (Å²) in [6.45, 7) is 1.91. The zero-order chi connectivity index (χ0) is 17.7. The van der Waals surface area contributed by atoms with Crippen LogP contribution in [-0.4, -0.2) is 61.0 Å². The molecular formula is C16H21NO6S. The van der Waals surface area contributed by atoms with Gasteiger partial charge in [0.25, 0.3) is 5.91 Å². The summed E-state index contributed by atoms with van der Waals surface area (Å²) in [5, 5.41) is 8.65. The standard InChI is InChI=1S/C16H21NO6S/c1-2-7-17(13-6-8-24(21,22)11-13)16(20)12-4-3-5-14(9-12)23-10-15(18)19/h3-5,9,13H,2,6-8,10-11H2,1H3,(H,18,19). The minimum absolute atomic E-state index is 0.00601. The van der Waals surface area contributed by atoms with Gasteiger partial charge in [0.15, 0.2) is 16.4 Å². The summed E-state index contributed by atoms with van der Waals surface area (Å²) in [6, 6.07) is 5.97. The second-order valence-corrected chi connectivity index (χ2v) is 7.99. The number of nitrogens with zero attached hydrogens (tertiary/aromatic N) is 1. The van der Waals surface area contributed by atoms with Crippen LogP contribution in [0.25, 0.3) is 0 Å². The molecule has 0 bridgehead atoms. The number of sulfone groups is 1. The van der Waals surface area contributed by atoms with E-state index in [0.717, 1.165) is 6.42 Å². The Labute approximate surface area is 141 Å². The molecule has 1 saturated heterocycles. The van der Waals surface area contributed by atoms with Crippen molar-refractivity contribution in [3.05, 3.63) is 29.8 Å². The quantitative estimate of drug-likeness (QED) is 0.788. The Morgan fingerprint density at radius 3 is 2.71 bits per heavy atom. The summed E-state index contributed by atoms with van der Waals surface area (Å²) < 4.78 is 28.5. The maximum absolute atomic E-state index is 12.8. The van der Waals surface area contributed by atoms with E-state index in [4.69, 9.17) is 9.84 Å². The van der Waals surface area contributed by atoms with Gasteiger partial charge in [0, 0.05) is 18.2 Å². The predicted molar refractivity (Wildman–Crippen MR) is 88.0 cm³/mol. The Hall–Kier alpha value is -2.09. The van der Waals surface area contributed by atoms with E-state index in [2.05, 4.69) is 0 Å². The Kier molecular flexibility index (Phi) is 5.82. The number of ether oxygens (including phenoxy) is 1. The van der Waals surface area contributed by atoms with Gasteiger partial charge in [-0.25, -0.2) is 13.2 Å². The fraction of sp³-hybridized carbons (Fsp3) is 0.500. The van der Waals surface area contributed by atoms with Crippen LogP contribution in [0.3, 0.4) is 0 Å². The van der Waals surface area contributed by atoms with Crippen molar-refractivity contribution in [1.29, 1.82) is 0 Å². The smallest absolute Gasteiger partial charge is 0.341 e. The molecule has 0 radical (unpaired) electrons. The van der Waals surface area contributed by atoms with Crippen LogP contribution in [0.15, 0.2) is 24.3 Å². The molecule has 1 unspecified atom stereocenters. The van der Waals surface area contributed by atoms with E-state index in [0.29, 0.717) is 24.3 Å². The van der Waals surface area contributed by atoms with Gasteiger partial charge in [-0.15, -0.1) is 0 Å². The first-order valence-electron chi connectivity index (χ1n) is 7.78. The highest BCUT2D eigenvalue weighted by molar-refractivity contribution is 7.91. The van der Waals surface area contributed by atoms with Gasteiger partial charge in [0.05, 0.1) is 11.5 Å². The summed E-state index contributed by atoms with van der Waals surface area (Å²) in [5.41, 5.74) is 0.357. The molecule has 1 heterocycles. The average molecular weight is 355 g/mol. The van der Waals surface area contributed by atoms with E-state index in [1.807, 2.05) is 6.92 Å². The molecule has 7 nitrogen and oxygen atoms in total. The Morgan fingerprint density at radius 2 is 2.12 bits per heavy atom. The van der Waals surface area contributed by atoms with Crippen molar-refractivity contribution in [3.8, 4) is 5.75 Å². The first-order chi connectivity index (χ1) is 11.3. The molecule has 0 saturated carbocycles. The number of carboxylic acid groups (broad SMARTS) is 1. The van der Waals surface area contributed by atoms with Crippen LogP contribution >= 0.6 is 0 Å². The summed E-state index contributed by atoms with van der Waals surface area (Å²) in [7, 11) is -3.08. The Bertz CT molecular complexity index is 715. The number of aliphatic carboxylic acids is 1. The van der Waals surface area contributed by atoms with Crippen LogP contribution in [0, 0.1) is 0 Å². The first kappa shape index (κ1) is 18.3. The number of carbonyl (C=O) groups excluding carboxylic acids is 1. The highest BCUT2D eigenvalue weighted by Gasteiger charge is 2.34. The van der Waals surface area contributed by atoms with Crippen molar-refractivity contribution < 1.29 is 27.9 Å². The maximum Gasteiger partial charge on any atom is 0.341 e. The molecule has 0 aromatic heterocycles. The molecule has 1 aliphatic heterocycles. The normalized spacial score (nSPS) is 19.0. The van der Waals surface area contributed by atoms with E-state index in [9.17, 15) is 18.0 Å². The van der Waals surface area contributed by atoms with Gasteiger partial charge in [0.1, 0.15) is 5.75 Å². The number of hydrogen-bond donors (Lipinski definition) is 1. The van der Waals surface area contributed by atoms with E-state index in [1.165, 1.54) is 6.07 Å². The van der Waals surface area contributed by atoms with Gasteiger partial charge in [-0.3, -0.25) is 4.79 Å². The molecule has 1 amide bonds. The van der Waals surface area contributed by atoms with Crippen LogP contribution in [0.4, 0.5) is 0 Å². The van der Waals surface area contributed by atoms with Crippen molar-refractivity contribution in [2.45, 2.75) is 25.8 Å². The number of carbonyl (C=O) groups is 2. The zero-order valence-electron chi connectivity index (χ0n) is 13.5. The largest absolute Gasteiger partial charge is 0.482 e. The molecule has 1 aromatic carbocycles. The van der Waals surface area contributed by atoms with Crippen LogP contribution in [0.2, 0.25) is 0 Å². The molecule has 1 fully saturated rings. The summed E-state index contributed by atoms with van der Waals surface area (Å²) in [6.07, 6.45) is 1.17. The molecule has 8 heteroatoms. The van der Waals surface area contributed by atoms with Crippen LogP contribution in [0.5, 0.6) is 5.75 Å². The lowest BCUT2D eigenvalue weighted by Crippen LogP contribution is -2.41. The Balaban J connectivity index is 2.17. The van der Waals surface area contributed by atoms with Crippen molar-refractivity contribution in [2.24, 2.45) is 0 Å². The molecule has 0 aliphatic carbocycles. The number of amides is 1. The SMILES string of the molecule is CCCN(C(=O)c1cccc(OCC(=O)O)c1)C1CCS(=O)(=O)C1. The lowest BCUT2D eigenvalue weighted by atomic mass is 10.1. The lowest BCUT2D eigenvalue weighted by Gasteiger charge is -2.28. The van der Waals surface area contributed by atoms with Crippen LogP contribution in [-0.2, 0) is 14.6 Å². The Morgan fingerprint density at radius 1 is 1.38 bits per heavy atom. The van der Waals surface area contributed by atoms with Crippen molar-refractivity contribution in [3.63, 3.8) is 0 Å². The van der Waals surface area contributed by atoms with Gasteiger partial charge < -0.3 is 14.7 Å². The third-order valence-electron chi connectivity index (χ3n) is 3.82. The summed E-state index contributed by atoms with van der Waals surface area (Å²) in [5.74, 6) is -0.977. The lowest BCUT2D eigenvalue weighted by molar-refractivity contribution is -0.139. The van der Waals surface area contributed by atoms with Gasteiger partial charge in [-0.1, -0.05) is 13.0 Å². The van der Waals surface area contributed by atoms with Gasteiger partial charge in [0.2, 0.25) is 0 Å². The topological polar surface area (TPSA) is 101 Å². The molecule has 1 aliphatic rings. The highest BCUT2D eigenvalue weighted by atomic mass is 32.2. The molecule has 1 aromatic rings.